The normalized spacial score (nSPS) is 12.9. The highest BCUT2D eigenvalue weighted by atomic mass is 28.3. The zero-order valence-electron chi connectivity index (χ0n) is 41.5. The monoisotopic (exact) mass is 910 g/mol. The summed E-state index contributed by atoms with van der Waals surface area (Å²) in [5.74, 6) is 0. The minimum absolute atomic E-state index is 0.181. The van der Waals surface area contributed by atoms with Crippen molar-refractivity contribution >= 4 is 91.2 Å². The fraction of sp³-hybridized carbons (Fsp3) is 0.182. The predicted octanol–water partition coefficient (Wildman–Crippen LogP) is 18.7. The van der Waals surface area contributed by atoms with Gasteiger partial charge in [-0.05, 0) is 119 Å². The van der Waals surface area contributed by atoms with Crippen LogP contribution in [-0.2, 0) is 0 Å². The Morgan fingerprint density at radius 2 is 0.382 bits per heavy atom. The maximum absolute atomic E-state index is 2.55. The first-order valence-corrected chi connectivity index (χ1v) is 30.6. The lowest BCUT2D eigenvalue weighted by Gasteiger charge is -2.39. The number of hydrogen-bond acceptors (Lipinski definition) is 0. The number of fused-ring (bicyclic) bond motifs is 6. The van der Waals surface area contributed by atoms with Gasteiger partial charge in [-0.1, -0.05) is 272 Å². The Morgan fingerprint density at radius 3 is 0.574 bits per heavy atom. The highest BCUT2D eigenvalue weighted by Crippen LogP contribution is 2.53. The van der Waals surface area contributed by atoms with Crippen LogP contribution in [0.4, 0.5) is 0 Å². The molecule has 0 bridgehead atoms. The van der Waals surface area contributed by atoms with E-state index in [1.54, 1.807) is 0 Å². The Balaban J connectivity index is 1.27. The van der Waals surface area contributed by atoms with Crippen molar-refractivity contribution in [2.24, 2.45) is 0 Å². The lowest BCUT2D eigenvalue weighted by Crippen LogP contribution is -2.50. The van der Waals surface area contributed by atoms with Gasteiger partial charge in [0.1, 0.15) is 0 Å². The van der Waals surface area contributed by atoms with Crippen molar-refractivity contribution in [3.8, 4) is 44.5 Å². The van der Waals surface area contributed by atoms with E-state index in [2.05, 4.69) is 262 Å². The molecule has 334 valence electrons. The molecule has 0 saturated heterocycles. The second kappa shape index (κ2) is 16.0. The van der Waals surface area contributed by atoms with Gasteiger partial charge in [-0.15, -0.1) is 0 Å². The number of rotatable bonds is 6. The summed E-state index contributed by atoms with van der Waals surface area (Å²) >= 11 is 0. The number of hydrogen-bond donors (Lipinski definition) is 0. The van der Waals surface area contributed by atoms with E-state index in [1.165, 1.54) is 120 Å². The second-order valence-corrected chi connectivity index (χ2v) is 32.9. The summed E-state index contributed by atoms with van der Waals surface area (Å²) in [6.45, 7) is 24.8. The first kappa shape index (κ1) is 44.0. The van der Waals surface area contributed by atoms with E-state index in [0.717, 1.165) is 0 Å². The van der Waals surface area contributed by atoms with E-state index < -0.39 is 16.1 Å². The summed E-state index contributed by atoms with van der Waals surface area (Å²) < 4.78 is 0. The fourth-order valence-electron chi connectivity index (χ4n) is 11.3. The van der Waals surface area contributed by atoms with Gasteiger partial charge in [-0.2, -0.15) is 0 Å². The largest absolute Gasteiger partial charge is 0.0867 e. The summed E-state index contributed by atoms with van der Waals surface area (Å²) in [6.07, 6.45) is 0. The van der Waals surface area contributed by atoms with Gasteiger partial charge in [-0.25, -0.2) is 0 Å². The van der Waals surface area contributed by atoms with Crippen molar-refractivity contribution in [3.05, 3.63) is 194 Å². The Labute approximate surface area is 405 Å². The van der Waals surface area contributed by atoms with E-state index in [0.29, 0.717) is 0 Å². The SMILES string of the molecule is CC(C)(C)[Si](C)(C)c1ccccc1-c1c2ccccc2c(-c2c3ccccc3c(-c3c4ccccc4c(-c4ccccc4[Si](C)(C)C(C)(C)C)c4ccccc34)c3ccccc23)c2ccccc12. The van der Waals surface area contributed by atoms with Gasteiger partial charge in [-0.3, -0.25) is 0 Å². The summed E-state index contributed by atoms with van der Waals surface area (Å²) in [6, 6.07) is 74.2. The van der Waals surface area contributed by atoms with Gasteiger partial charge in [0.15, 0.2) is 0 Å². The summed E-state index contributed by atoms with van der Waals surface area (Å²) in [5.41, 5.74) is 10.6. The molecule has 0 nitrogen and oxygen atoms in total. The molecule has 11 rings (SSSR count). The Hall–Kier alpha value is -6.59. The zero-order valence-corrected chi connectivity index (χ0v) is 43.5. The smallest absolute Gasteiger partial charge is 0.0650 e. The molecule has 0 aliphatic rings. The third-order valence-corrected chi connectivity index (χ3v) is 27.8. The topological polar surface area (TPSA) is 0 Å². The molecule has 0 aromatic heterocycles. The van der Waals surface area contributed by atoms with Crippen LogP contribution in [0.3, 0.4) is 0 Å². The molecule has 0 heterocycles. The average Bonchev–Trinajstić information content (AvgIpc) is 3.34. The van der Waals surface area contributed by atoms with Gasteiger partial charge in [0.25, 0.3) is 0 Å². The van der Waals surface area contributed by atoms with Crippen LogP contribution in [0.1, 0.15) is 41.5 Å². The average molecular weight is 911 g/mol. The standard InChI is InChI=1S/C66H62Si2/c1-65(2,3)67(7,8)57-41-25-23-39-55(57)59-43-27-11-15-31-47(43)61(48-32-16-12-28-44(48)59)63-51-35-19-21-37-53(51)64(54-38-22-20-36-52(54)63)62-49-33-17-13-29-45(49)60(46-30-14-18-34-50(46)62)56-40-24-26-42-58(56)68(9,10)66(4,5)6/h11-42H,1-10H3. The molecular formula is C66H62Si2. The van der Waals surface area contributed by atoms with E-state index in [4.69, 9.17) is 0 Å². The van der Waals surface area contributed by atoms with Gasteiger partial charge in [0.2, 0.25) is 0 Å². The highest BCUT2D eigenvalue weighted by molar-refractivity contribution is 6.93. The van der Waals surface area contributed by atoms with Crippen molar-refractivity contribution in [3.63, 3.8) is 0 Å². The fourth-order valence-corrected chi connectivity index (χ4v) is 15.7. The van der Waals surface area contributed by atoms with Crippen molar-refractivity contribution in [1.82, 2.24) is 0 Å². The Morgan fingerprint density at radius 1 is 0.221 bits per heavy atom. The molecule has 0 aliphatic carbocycles. The van der Waals surface area contributed by atoms with Gasteiger partial charge in [0, 0.05) is 0 Å². The second-order valence-electron chi connectivity index (χ2n) is 22.4. The molecule has 0 radical (unpaired) electrons. The van der Waals surface area contributed by atoms with Crippen molar-refractivity contribution in [1.29, 1.82) is 0 Å². The first-order chi connectivity index (χ1) is 32.6. The first-order valence-electron chi connectivity index (χ1n) is 24.6. The van der Waals surface area contributed by atoms with Crippen LogP contribution in [-0.4, -0.2) is 16.1 Å². The molecule has 0 N–H and O–H groups in total. The van der Waals surface area contributed by atoms with Gasteiger partial charge >= 0.3 is 0 Å². The molecular weight excluding hydrogens is 849 g/mol. The molecule has 0 unspecified atom stereocenters. The molecule has 0 fully saturated rings. The van der Waals surface area contributed by atoms with Crippen LogP contribution < -0.4 is 10.4 Å². The van der Waals surface area contributed by atoms with Crippen molar-refractivity contribution in [2.45, 2.75) is 77.8 Å². The molecule has 11 aromatic rings. The van der Waals surface area contributed by atoms with Gasteiger partial charge < -0.3 is 0 Å². The molecule has 0 spiro atoms. The summed E-state index contributed by atoms with van der Waals surface area (Å²) in [5, 5.41) is 18.8. The van der Waals surface area contributed by atoms with E-state index >= 15 is 0 Å². The third kappa shape index (κ3) is 6.59. The minimum Gasteiger partial charge on any atom is -0.0650 e. The summed E-state index contributed by atoms with van der Waals surface area (Å²) in [4.78, 5) is 0. The van der Waals surface area contributed by atoms with Crippen LogP contribution in [0.2, 0.25) is 36.3 Å². The van der Waals surface area contributed by atoms with Crippen molar-refractivity contribution < 1.29 is 0 Å². The van der Waals surface area contributed by atoms with Crippen LogP contribution in [0.25, 0.3) is 109 Å². The molecule has 0 aliphatic heterocycles. The quantitative estimate of drug-likeness (QED) is 0.115. The Kier molecular flexibility index (Phi) is 10.3. The van der Waals surface area contributed by atoms with E-state index in [1.807, 2.05) is 0 Å². The van der Waals surface area contributed by atoms with Crippen LogP contribution in [0.15, 0.2) is 194 Å². The molecule has 2 heteroatoms. The van der Waals surface area contributed by atoms with Crippen LogP contribution >= 0.6 is 0 Å². The van der Waals surface area contributed by atoms with E-state index in [-0.39, 0.29) is 10.1 Å². The highest BCUT2D eigenvalue weighted by Gasteiger charge is 2.40. The lowest BCUT2D eigenvalue weighted by molar-refractivity contribution is 0.729. The maximum atomic E-state index is 2.55. The minimum atomic E-state index is -1.95. The molecule has 11 aromatic carbocycles. The van der Waals surface area contributed by atoms with Gasteiger partial charge in [0.05, 0.1) is 16.1 Å². The lowest BCUT2D eigenvalue weighted by atomic mass is 9.79. The molecule has 0 saturated carbocycles. The van der Waals surface area contributed by atoms with Crippen molar-refractivity contribution in [2.75, 3.05) is 0 Å². The molecule has 68 heavy (non-hydrogen) atoms. The molecule has 0 atom stereocenters. The molecule has 0 amide bonds. The maximum Gasteiger partial charge on any atom is 0.0867 e. The van der Waals surface area contributed by atoms with Crippen LogP contribution in [0, 0.1) is 0 Å². The summed E-state index contributed by atoms with van der Waals surface area (Å²) in [7, 11) is -3.90. The Bertz CT molecular complexity index is 3390. The van der Waals surface area contributed by atoms with E-state index in [9.17, 15) is 0 Å². The number of benzene rings is 11. The third-order valence-electron chi connectivity index (χ3n) is 16.8. The van der Waals surface area contributed by atoms with Crippen LogP contribution in [0.5, 0.6) is 0 Å². The zero-order chi connectivity index (χ0) is 47.3. The predicted molar refractivity (Wildman–Crippen MR) is 307 cm³/mol.